The van der Waals surface area contributed by atoms with Crippen molar-refractivity contribution >= 4 is 29.6 Å². The zero-order valence-corrected chi connectivity index (χ0v) is 11.8. The highest BCUT2D eigenvalue weighted by Gasteiger charge is 2.24. The van der Waals surface area contributed by atoms with E-state index in [-0.39, 0.29) is 11.5 Å². The van der Waals surface area contributed by atoms with Gasteiger partial charge in [-0.05, 0) is 6.26 Å². The van der Waals surface area contributed by atoms with E-state index < -0.39 is 35.9 Å². The van der Waals surface area contributed by atoms with Crippen molar-refractivity contribution < 1.29 is 24.6 Å². The topological polar surface area (TPSA) is 149 Å². The molecule has 4 N–H and O–H groups in total. The molecule has 1 heterocycles. The molecule has 21 heavy (non-hydrogen) atoms. The van der Waals surface area contributed by atoms with E-state index in [1.165, 1.54) is 11.8 Å². The first-order valence-corrected chi connectivity index (χ1v) is 7.07. The summed E-state index contributed by atoms with van der Waals surface area (Å²) < 4.78 is 0. The minimum atomic E-state index is -1.60. The van der Waals surface area contributed by atoms with Gasteiger partial charge in [-0.3, -0.25) is 14.4 Å². The van der Waals surface area contributed by atoms with Crippen molar-refractivity contribution in [2.75, 3.05) is 6.26 Å². The molecule has 1 aromatic heterocycles. The fourth-order valence-corrected chi connectivity index (χ4v) is 1.85. The van der Waals surface area contributed by atoms with Crippen LogP contribution in [0, 0.1) is 0 Å². The highest BCUT2D eigenvalue weighted by Crippen LogP contribution is 2.03. The number of hydrogen-bond acceptors (Lipinski definition) is 6. The minimum Gasteiger partial charge on any atom is -0.481 e. The van der Waals surface area contributed by atoms with Crippen LogP contribution < -0.4 is 10.9 Å². The second-order valence-electron chi connectivity index (χ2n) is 3.97. The van der Waals surface area contributed by atoms with Crippen molar-refractivity contribution in [3.8, 4) is 0 Å². The molecule has 0 fully saturated rings. The summed E-state index contributed by atoms with van der Waals surface area (Å²) in [4.78, 5) is 51.0. The molecule has 0 aliphatic carbocycles. The number of amides is 1. The number of carbonyl (C=O) groups is 3. The molecule has 0 radical (unpaired) electrons. The van der Waals surface area contributed by atoms with E-state index in [4.69, 9.17) is 10.2 Å². The number of thioether (sulfide) groups is 1. The third-order valence-corrected chi connectivity index (χ3v) is 2.85. The number of aromatic nitrogens is 2. The number of aliphatic carboxylic acids is 2. The fourth-order valence-electron chi connectivity index (χ4n) is 1.44. The van der Waals surface area contributed by atoms with Gasteiger partial charge in [0.2, 0.25) is 0 Å². The lowest BCUT2D eigenvalue weighted by molar-refractivity contribution is -0.145. The van der Waals surface area contributed by atoms with Gasteiger partial charge in [0.25, 0.3) is 11.5 Å². The van der Waals surface area contributed by atoms with Gasteiger partial charge < -0.3 is 20.5 Å². The van der Waals surface area contributed by atoms with Crippen LogP contribution in [0.25, 0.3) is 0 Å². The Morgan fingerprint density at radius 3 is 2.62 bits per heavy atom. The van der Waals surface area contributed by atoms with Crippen molar-refractivity contribution in [2.24, 2.45) is 0 Å². The summed E-state index contributed by atoms with van der Waals surface area (Å²) in [5.74, 6) is -3.14. The van der Waals surface area contributed by atoms with E-state index in [0.29, 0.717) is 5.75 Å². The zero-order valence-electron chi connectivity index (χ0n) is 11.0. The molecular formula is C11H13N3O6S. The average Bonchev–Trinajstić information content (AvgIpc) is 2.36. The van der Waals surface area contributed by atoms with E-state index >= 15 is 0 Å². The SMILES string of the molecule is CSCc1nc(C(=O)NC(CC(=O)O)C(=O)O)cc(=O)[nH]1. The van der Waals surface area contributed by atoms with Crippen LogP contribution in [-0.2, 0) is 15.3 Å². The first kappa shape index (κ1) is 16.7. The lowest BCUT2D eigenvalue weighted by atomic mass is 10.2. The van der Waals surface area contributed by atoms with Gasteiger partial charge in [-0.1, -0.05) is 0 Å². The molecule has 0 aliphatic heterocycles. The Bertz CT molecular complexity index is 614. The summed E-state index contributed by atoms with van der Waals surface area (Å²) in [6.45, 7) is 0. The second-order valence-corrected chi connectivity index (χ2v) is 4.84. The van der Waals surface area contributed by atoms with Gasteiger partial charge in [0.05, 0.1) is 12.2 Å². The molecule has 0 saturated heterocycles. The molecule has 0 aromatic carbocycles. The Hall–Kier alpha value is -2.36. The predicted octanol–water partition coefficient (Wildman–Crippen LogP) is -0.709. The van der Waals surface area contributed by atoms with E-state index in [1.807, 2.05) is 5.32 Å². The van der Waals surface area contributed by atoms with Gasteiger partial charge in [0, 0.05) is 6.07 Å². The zero-order chi connectivity index (χ0) is 16.0. The molecule has 10 heteroatoms. The number of aromatic amines is 1. The highest BCUT2D eigenvalue weighted by atomic mass is 32.2. The summed E-state index contributed by atoms with van der Waals surface area (Å²) in [7, 11) is 0. The Balaban J connectivity index is 2.94. The van der Waals surface area contributed by atoms with Crippen LogP contribution in [0.4, 0.5) is 0 Å². The van der Waals surface area contributed by atoms with Crippen molar-refractivity contribution in [1.29, 1.82) is 0 Å². The van der Waals surface area contributed by atoms with Crippen molar-refractivity contribution in [3.63, 3.8) is 0 Å². The van der Waals surface area contributed by atoms with E-state index in [2.05, 4.69) is 9.97 Å². The van der Waals surface area contributed by atoms with E-state index in [9.17, 15) is 19.2 Å². The number of nitrogens with one attached hydrogen (secondary N) is 2. The van der Waals surface area contributed by atoms with Crippen LogP contribution in [0.5, 0.6) is 0 Å². The van der Waals surface area contributed by atoms with Gasteiger partial charge in [-0.15, -0.1) is 0 Å². The molecule has 114 valence electrons. The van der Waals surface area contributed by atoms with E-state index in [0.717, 1.165) is 6.07 Å². The summed E-state index contributed by atoms with van der Waals surface area (Å²) >= 11 is 1.37. The number of rotatable bonds is 7. The van der Waals surface area contributed by atoms with Gasteiger partial charge in [-0.25, -0.2) is 9.78 Å². The van der Waals surface area contributed by atoms with Crippen LogP contribution >= 0.6 is 11.8 Å². The summed E-state index contributed by atoms with van der Waals surface area (Å²) in [5.41, 5.74) is -0.816. The molecule has 1 unspecified atom stereocenters. The van der Waals surface area contributed by atoms with Crippen LogP contribution in [-0.4, -0.2) is 50.3 Å². The molecule has 1 atom stereocenters. The van der Waals surface area contributed by atoms with Crippen molar-refractivity contribution in [2.45, 2.75) is 18.2 Å². The molecule has 1 rings (SSSR count). The molecular weight excluding hydrogens is 302 g/mol. The van der Waals surface area contributed by atoms with Gasteiger partial charge in [0.1, 0.15) is 17.6 Å². The smallest absolute Gasteiger partial charge is 0.326 e. The lowest BCUT2D eigenvalue weighted by Gasteiger charge is -2.12. The van der Waals surface area contributed by atoms with Crippen molar-refractivity contribution in [3.05, 3.63) is 27.9 Å². The van der Waals surface area contributed by atoms with Gasteiger partial charge in [0.15, 0.2) is 0 Å². The van der Waals surface area contributed by atoms with Crippen LogP contribution in [0.1, 0.15) is 22.7 Å². The van der Waals surface area contributed by atoms with Crippen LogP contribution in [0.15, 0.2) is 10.9 Å². The number of H-pyrrole nitrogens is 1. The third-order valence-electron chi connectivity index (χ3n) is 2.29. The van der Waals surface area contributed by atoms with Crippen LogP contribution in [0.2, 0.25) is 0 Å². The van der Waals surface area contributed by atoms with Gasteiger partial charge >= 0.3 is 11.9 Å². The Morgan fingerprint density at radius 1 is 1.43 bits per heavy atom. The summed E-state index contributed by atoms with van der Waals surface area (Å²) in [5, 5.41) is 19.4. The number of carbonyl (C=O) groups excluding carboxylic acids is 1. The van der Waals surface area contributed by atoms with Crippen molar-refractivity contribution in [1.82, 2.24) is 15.3 Å². The number of carboxylic acids is 2. The molecule has 0 saturated carbocycles. The maximum absolute atomic E-state index is 11.9. The monoisotopic (exact) mass is 315 g/mol. The standard InChI is InChI=1S/C11H13N3O6S/c1-21-4-7-12-5(2-8(15)14-7)10(18)13-6(11(19)20)3-9(16)17/h2,6H,3-4H2,1H3,(H,13,18)(H,16,17)(H,19,20)(H,12,14,15). The summed E-state index contributed by atoms with van der Waals surface area (Å²) in [6.07, 6.45) is 1.00. The first-order valence-electron chi connectivity index (χ1n) is 5.68. The molecule has 0 spiro atoms. The molecule has 1 amide bonds. The number of hydrogen-bond donors (Lipinski definition) is 4. The quantitative estimate of drug-likeness (QED) is 0.515. The van der Waals surface area contributed by atoms with Crippen LogP contribution in [0.3, 0.4) is 0 Å². The maximum atomic E-state index is 11.9. The first-order chi connectivity index (χ1) is 9.83. The lowest BCUT2D eigenvalue weighted by Crippen LogP contribution is -2.42. The highest BCUT2D eigenvalue weighted by molar-refractivity contribution is 7.97. The van der Waals surface area contributed by atoms with E-state index in [1.54, 1.807) is 6.26 Å². The summed E-state index contributed by atoms with van der Waals surface area (Å²) in [6, 6.07) is -0.682. The third kappa shape index (κ3) is 5.26. The molecule has 1 aromatic rings. The Labute approximate surface area is 122 Å². The number of carboxylic acid groups (broad SMARTS) is 2. The largest absolute Gasteiger partial charge is 0.481 e. The van der Waals surface area contributed by atoms with Gasteiger partial charge in [-0.2, -0.15) is 11.8 Å². The normalized spacial score (nSPS) is 11.7. The Morgan fingerprint density at radius 2 is 2.10 bits per heavy atom. The maximum Gasteiger partial charge on any atom is 0.326 e. The molecule has 9 nitrogen and oxygen atoms in total. The second kappa shape index (κ2) is 7.43. The minimum absolute atomic E-state index is 0.264. The fraction of sp³-hybridized carbons (Fsp3) is 0.364. The predicted molar refractivity (Wildman–Crippen MR) is 73.2 cm³/mol. The molecule has 0 aliphatic rings. The Kier molecular flexibility index (Phi) is 5.91. The number of nitrogens with zero attached hydrogens (tertiary/aromatic N) is 1. The average molecular weight is 315 g/mol. The molecule has 0 bridgehead atoms.